The van der Waals surface area contributed by atoms with E-state index >= 15 is 0 Å². The first-order valence-electron chi connectivity index (χ1n) is 10.8. The molecule has 2 atom stereocenters. The SMILES string of the molecule is CC#C[C@@H](CC(=O)O)c1ccc(O[C@@H](Cc2cc(C)ncn2)c2ccc3cc[nH]c3c2)cc1. The van der Waals surface area contributed by atoms with Crippen LogP contribution in [0.2, 0.25) is 0 Å². The zero-order chi connectivity index (χ0) is 23.2. The van der Waals surface area contributed by atoms with Crippen LogP contribution in [0.3, 0.4) is 0 Å². The third-order valence-corrected chi connectivity index (χ3v) is 5.46. The molecule has 0 aliphatic rings. The molecular formula is C27H25N3O3. The van der Waals surface area contributed by atoms with Crippen LogP contribution in [0.15, 0.2) is 67.1 Å². The lowest BCUT2D eigenvalue weighted by atomic mass is 9.96. The summed E-state index contributed by atoms with van der Waals surface area (Å²) in [5.74, 6) is 5.28. The predicted molar refractivity (Wildman–Crippen MR) is 127 cm³/mol. The van der Waals surface area contributed by atoms with Gasteiger partial charge >= 0.3 is 5.97 Å². The normalized spacial score (nSPS) is 12.5. The number of hydrogen-bond donors (Lipinski definition) is 2. The van der Waals surface area contributed by atoms with E-state index < -0.39 is 5.97 Å². The molecule has 0 saturated carbocycles. The number of nitrogens with one attached hydrogen (secondary N) is 1. The molecule has 0 amide bonds. The van der Waals surface area contributed by atoms with E-state index in [1.54, 1.807) is 13.3 Å². The summed E-state index contributed by atoms with van der Waals surface area (Å²) in [5.41, 5.74) is 4.74. The monoisotopic (exact) mass is 439 g/mol. The fourth-order valence-electron chi connectivity index (χ4n) is 3.85. The van der Waals surface area contributed by atoms with Gasteiger partial charge in [0.15, 0.2) is 0 Å². The van der Waals surface area contributed by atoms with Crippen LogP contribution in [-0.2, 0) is 11.2 Å². The smallest absolute Gasteiger partial charge is 0.304 e. The molecule has 0 bridgehead atoms. The highest BCUT2D eigenvalue weighted by Crippen LogP contribution is 2.29. The molecule has 0 aliphatic carbocycles. The lowest BCUT2D eigenvalue weighted by Crippen LogP contribution is -2.12. The number of benzene rings is 2. The van der Waals surface area contributed by atoms with Crippen LogP contribution in [-0.4, -0.2) is 26.0 Å². The van der Waals surface area contributed by atoms with E-state index in [1.807, 2.05) is 49.5 Å². The number of hydrogen-bond acceptors (Lipinski definition) is 4. The molecule has 0 radical (unpaired) electrons. The molecule has 2 N–H and O–H groups in total. The summed E-state index contributed by atoms with van der Waals surface area (Å²) in [6.45, 7) is 3.66. The first kappa shape index (κ1) is 22.1. The van der Waals surface area contributed by atoms with Gasteiger partial charge in [0.1, 0.15) is 18.2 Å². The first-order valence-corrected chi connectivity index (χ1v) is 10.8. The van der Waals surface area contributed by atoms with Gasteiger partial charge in [-0.2, -0.15) is 0 Å². The van der Waals surface area contributed by atoms with E-state index in [4.69, 9.17) is 4.74 Å². The van der Waals surface area contributed by atoms with Gasteiger partial charge in [-0.05, 0) is 60.7 Å². The molecule has 2 heterocycles. The molecule has 4 aromatic rings. The van der Waals surface area contributed by atoms with Crippen LogP contribution in [0.5, 0.6) is 5.75 Å². The molecule has 0 unspecified atom stereocenters. The van der Waals surface area contributed by atoms with E-state index in [0.29, 0.717) is 12.2 Å². The number of aryl methyl sites for hydroxylation is 1. The Morgan fingerprint density at radius 1 is 1.09 bits per heavy atom. The summed E-state index contributed by atoms with van der Waals surface area (Å²) in [6.07, 6.45) is 3.78. The third kappa shape index (κ3) is 5.58. The number of nitrogens with zero attached hydrogens (tertiary/aromatic N) is 2. The van der Waals surface area contributed by atoms with Gasteiger partial charge in [-0.15, -0.1) is 5.92 Å². The molecular weight excluding hydrogens is 414 g/mol. The summed E-state index contributed by atoms with van der Waals surface area (Å²) in [6, 6.07) is 17.7. The molecule has 166 valence electrons. The lowest BCUT2D eigenvalue weighted by Gasteiger charge is -2.20. The Bertz CT molecular complexity index is 1320. The maximum absolute atomic E-state index is 11.2. The number of rotatable bonds is 8. The highest BCUT2D eigenvalue weighted by Gasteiger charge is 2.18. The molecule has 0 saturated heterocycles. The highest BCUT2D eigenvalue weighted by atomic mass is 16.5. The Kier molecular flexibility index (Phi) is 6.70. The summed E-state index contributed by atoms with van der Waals surface area (Å²) in [5, 5.41) is 10.3. The second kappa shape index (κ2) is 10.0. The summed E-state index contributed by atoms with van der Waals surface area (Å²) in [4.78, 5) is 23.1. The average molecular weight is 440 g/mol. The zero-order valence-corrected chi connectivity index (χ0v) is 18.6. The number of aliphatic carboxylic acids is 1. The van der Waals surface area contributed by atoms with Gasteiger partial charge < -0.3 is 14.8 Å². The number of carboxylic acids is 1. The predicted octanol–water partition coefficient (Wildman–Crippen LogP) is 5.21. The van der Waals surface area contributed by atoms with Crippen LogP contribution in [0.4, 0.5) is 0 Å². The Labute approximate surface area is 192 Å². The number of ether oxygens (including phenoxy) is 1. The van der Waals surface area contributed by atoms with Crippen molar-refractivity contribution in [3.05, 3.63) is 89.6 Å². The van der Waals surface area contributed by atoms with E-state index in [-0.39, 0.29) is 18.4 Å². The minimum absolute atomic E-state index is 0.0348. The molecule has 6 nitrogen and oxygen atoms in total. The van der Waals surface area contributed by atoms with Gasteiger partial charge in [-0.3, -0.25) is 4.79 Å². The van der Waals surface area contributed by atoms with Crippen molar-refractivity contribution in [1.82, 2.24) is 15.0 Å². The molecule has 2 aromatic carbocycles. The second-order valence-electron chi connectivity index (χ2n) is 7.90. The van der Waals surface area contributed by atoms with Gasteiger partial charge in [-0.1, -0.05) is 30.2 Å². The number of H-pyrrole nitrogens is 1. The van der Waals surface area contributed by atoms with Crippen molar-refractivity contribution < 1.29 is 14.6 Å². The molecule has 2 aromatic heterocycles. The van der Waals surface area contributed by atoms with Crippen molar-refractivity contribution in [2.45, 2.75) is 38.7 Å². The van der Waals surface area contributed by atoms with E-state index in [0.717, 1.165) is 33.4 Å². The van der Waals surface area contributed by atoms with Crippen LogP contribution < -0.4 is 4.74 Å². The molecule has 0 spiro atoms. The highest BCUT2D eigenvalue weighted by molar-refractivity contribution is 5.80. The number of aromatic amines is 1. The molecule has 4 rings (SSSR count). The Morgan fingerprint density at radius 2 is 1.88 bits per heavy atom. The largest absolute Gasteiger partial charge is 0.485 e. The fourth-order valence-corrected chi connectivity index (χ4v) is 3.85. The lowest BCUT2D eigenvalue weighted by molar-refractivity contribution is -0.137. The van der Waals surface area contributed by atoms with Crippen LogP contribution in [0.25, 0.3) is 10.9 Å². The van der Waals surface area contributed by atoms with Crippen LogP contribution in [0.1, 0.15) is 47.9 Å². The maximum Gasteiger partial charge on any atom is 0.304 e. The summed E-state index contributed by atoms with van der Waals surface area (Å²) >= 11 is 0. The second-order valence-corrected chi connectivity index (χ2v) is 7.90. The standard InChI is InChI=1S/C27H25N3O3/c1-3-4-21(15-27(31)32)19-7-9-24(10-8-19)33-26(16-23-13-18(2)29-17-30-23)22-6-5-20-11-12-28-25(20)14-22/h5-14,17,21,26,28H,15-16H2,1-2H3,(H,31,32)/t21-,26-/m0/s1. The van der Waals surface area contributed by atoms with Crippen molar-refractivity contribution in [2.75, 3.05) is 0 Å². The fraction of sp³-hybridized carbons (Fsp3) is 0.222. The van der Waals surface area contributed by atoms with Gasteiger partial charge in [0, 0.05) is 29.5 Å². The van der Waals surface area contributed by atoms with Gasteiger partial charge in [0.05, 0.1) is 12.3 Å². The van der Waals surface area contributed by atoms with Crippen molar-refractivity contribution in [1.29, 1.82) is 0 Å². The van der Waals surface area contributed by atoms with Crippen molar-refractivity contribution in [3.8, 4) is 17.6 Å². The van der Waals surface area contributed by atoms with E-state index in [9.17, 15) is 9.90 Å². The Balaban J connectivity index is 1.61. The Morgan fingerprint density at radius 3 is 2.61 bits per heavy atom. The summed E-state index contributed by atoms with van der Waals surface area (Å²) < 4.78 is 6.42. The molecule has 33 heavy (non-hydrogen) atoms. The average Bonchev–Trinajstić information content (AvgIpc) is 3.27. The molecule has 0 fully saturated rings. The maximum atomic E-state index is 11.2. The van der Waals surface area contributed by atoms with Crippen molar-refractivity contribution in [2.24, 2.45) is 0 Å². The van der Waals surface area contributed by atoms with Crippen molar-refractivity contribution >= 4 is 16.9 Å². The number of fused-ring (bicyclic) bond motifs is 1. The molecule has 6 heteroatoms. The number of carbonyl (C=O) groups is 1. The topological polar surface area (TPSA) is 88.1 Å². The quantitative estimate of drug-likeness (QED) is 0.368. The van der Waals surface area contributed by atoms with Gasteiger partial charge in [-0.25, -0.2) is 9.97 Å². The van der Waals surface area contributed by atoms with E-state index in [1.165, 1.54) is 0 Å². The van der Waals surface area contributed by atoms with E-state index in [2.05, 4.69) is 45.0 Å². The van der Waals surface area contributed by atoms with Gasteiger partial charge in [0.25, 0.3) is 0 Å². The Hall–Kier alpha value is -4.11. The molecule has 0 aliphatic heterocycles. The third-order valence-electron chi connectivity index (χ3n) is 5.46. The minimum atomic E-state index is -0.872. The van der Waals surface area contributed by atoms with Crippen LogP contribution >= 0.6 is 0 Å². The zero-order valence-electron chi connectivity index (χ0n) is 18.6. The minimum Gasteiger partial charge on any atom is -0.485 e. The first-order chi connectivity index (χ1) is 16.0. The van der Waals surface area contributed by atoms with Crippen molar-refractivity contribution in [3.63, 3.8) is 0 Å². The van der Waals surface area contributed by atoms with Crippen LogP contribution in [0, 0.1) is 18.8 Å². The number of carboxylic acid groups (broad SMARTS) is 1. The van der Waals surface area contributed by atoms with Gasteiger partial charge in [0.2, 0.25) is 0 Å². The number of aromatic nitrogens is 3. The summed E-state index contributed by atoms with van der Waals surface area (Å²) in [7, 11) is 0.